The molecule has 3 heterocycles. The topological polar surface area (TPSA) is 30.3 Å². The third kappa shape index (κ3) is 3.52. The van der Waals surface area contributed by atoms with E-state index in [1.807, 2.05) is 12.4 Å². The fraction of sp³-hybridized carbons (Fsp3) is 0.526. The molecule has 1 aromatic carbocycles. The standard InChI is InChI=1S/C19H24FN3O/c20-18-9-17(16-3-7-24-8-4-16)10-19(11-18)23-14-15(12-21-23)13-22-5-1-2-6-22/h9-12,14,16H,1-8,13H2. The third-order valence-corrected chi connectivity index (χ3v) is 5.10. The molecule has 0 N–H and O–H groups in total. The van der Waals surface area contributed by atoms with Gasteiger partial charge in [0, 0.05) is 31.5 Å². The normalized spacial score (nSPS) is 19.9. The minimum Gasteiger partial charge on any atom is -0.381 e. The first kappa shape index (κ1) is 15.8. The first-order chi connectivity index (χ1) is 11.8. The van der Waals surface area contributed by atoms with E-state index in [-0.39, 0.29) is 5.82 Å². The van der Waals surface area contributed by atoms with Crippen LogP contribution in [0, 0.1) is 5.82 Å². The van der Waals surface area contributed by atoms with E-state index < -0.39 is 0 Å². The van der Waals surface area contributed by atoms with Gasteiger partial charge < -0.3 is 4.74 Å². The molecular formula is C19H24FN3O. The molecular weight excluding hydrogens is 305 g/mol. The monoisotopic (exact) mass is 329 g/mol. The highest BCUT2D eigenvalue weighted by Gasteiger charge is 2.18. The quantitative estimate of drug-likeness (QED) is 0.860. The van der Waals surface area contributed by atoms with Crippen molar-refractivity contribution in [2.45, 2.75) is 38.1 Å². The van der Waals surface area contributed by atoms with Crippen molar-refractivity contribution in [3.05, 3.63) is 47.5 Å². The minimum absolute atomic E-state index is 0.189. The van der Waals surface area contributed by atoms with Gasteiger partial charge in [0.1, 0.15) is 5.82 Å². The zero-order chi connectivity index (χ0) is 16.4. The maximum Gasteiger partial charge on any atom is 0.125 e. The van der Waals surface area contributed by atoms with Crippen LogP contribution in [-0.4, -0.2) is 41.0 Å². The van der Waals surface area contributed by atoms with Gasteiger partial charge in [0.2, 0.25) is 0 Å². The van der Waals surface area contributed by atoms with Crippen molar-refractivity contribution in [1.29, 1.82) is 0 Å². The average molecular weight is 329 g/mol. The maximum atomic E-state index is 14.1. The summed E-state index contributed by atoms with van der Waals surface area (Å²) in [5, 5.41) is 4.45. The largest absolute Gasteiger partial charge is 0.381 e. The van der Waals surface area contributed by atoms with Crippen LogP contribution in [0.1, 0.15) is 42.7 Å². The molecule has 4 nitrogen and oxygen atoms in total. The summed E-state index contributed by atoms with van der Waals surface area (Å²) in [6.07, 6.45) is 8.42. The Morgan fingerprint density at radius 3 is 2.71 bits per heavy atom. The van der Waals surface area contributed by atoms with Crippen LogP contribution in [0.2, 0.25) is 0 Å². The zero-order valence-electron chi connectivity index (χ0n) is 14.0. The molecule has 24 heavy (non-hydrogen) atoms. The molecule has 0 spiro atoms. The minimum atomic E-state index is -0.189. The van der Waals surface area contributed by atoms with Crippen LogP contribution in [0.25, 0.3) is 5.69 Å². The second-order valence-electron chi connectivity index (χ2n) is 6.91. The molecule has 2 aliphatic heterocycles. The predicted molar refractivity (Wildman–Crippen MR) is 90.8 cm³/mol. The SMILES string of the molecule is Fc1cc(C2CCOCC2)cc(-n2cc(CN3CCCC3)cn2)c1. The van der Waals surface area contributed by atoms with Gasteiger partial charge in [-0.3, -0.25) is 4.90 Å². The van der Waals surface area contributed by atoms with Gasteiger partial charge in [-0.25, -0.2) is 9.07 Å². The zero-order valence-corrected chi connectivity index (χ0v) is 14.0. The van der Waals surface area contributed by atoms with Crippen molar-refractivity contribution in [2.24, 2.45) is 0 Å². The summed E-state index contributed by atoms with van der Waals surface area (Å²) >= 11 is 0. The van der Waals surface area contributed by atoms with Crippen LogP contribution in [0.15, 0.2) is 30.6 Å². The van der Waals surface area contributed by atoms with E-state index >= 15 is 0 Å². The van der Waals surface area contributed by atoms with Gasteiger partial charge in [0.05, 0.1) is 11.9 Å². The van der Waals surface area contributed by atoms with Gasteiger partial charge in [0.15, 0.2) is 0 Å². The number of ether oxygens (including phenoxy) is 1. The molecule has 2 aromatic rings. The van der Waals surface area contributed by atoms with E-state index in [4.69, 9.17) is 4.74 Å². The van der Waals surface area contributed by atoms with Gasteiger partial charge >= 0.3 is 0 Å². The number of likely N-dealkylation sites (tertiary alicyclic amines) is 1. The summed E-state index contributed by atoms with van der Waals surface area (Å²) in [6.45, 7) is 4.79. The fourth-order valence-electron chi connectivity index (χ4n) is 3.78. The summed E-state index contributed by atoms with van der Waals surface area (Å²) in [6, 6.07) is 5.30. The lowest BCUT2D eigenvalue weighted by molar-refractivity contribution is 0.0852. The summed E-state index contributed by atoms with van der Waals surface area (Å²) in [5.74, 6) is 0.193. The Hall–Kier alpha value is -1.72. The predicted octanol–water partition coefficient (Wildman–Crippen LogP) is 3.50. The van der Waals surface area contributed by atoms with Gasteiger partial charge in [-0.15, -0.1) is 0 Å². The molecule has 0 aliphatic carbocycles. The molecule has 0 bridgehead atoms. The van der Waals surface area contributed by atoms with Crippen LogP contribution in [0.5, 0.6) is 0 Å². The number of aromatic nitrogens is 2. The molecule has 0 unspecified atom stereocenters. The van der Waals surface area contributed by atoms with E-state index in [2.05, 4.69) is 16.1 Å². The third-order valence-electron chi connectivity index (χ3n) is 5.10. The Kier molecular flexibility index (Phi) is 4.63. The molecule has 2 saturated heterocycles. The number of halogens is 1. The summed E-state index contributed by atoms with van der Waals surface area (Å²) < 4.78 is 21.3. The van der Waals surface area contributed by atoms with Crippen molar-refractivity contribution in [2.75, 3.05) is 26.3 Å². The van der Waals surface area contributed by atoms with E-state index in [9.17, 15) is 4.39 Å². The Labute approximate surface area is 142 Å². The lowest BCUT2D eigenvalue weighted by Gasteiger charge is -2.23. The molecule has 2 fully saturated rings. The van der Waals surface area contributed by atoms with E-state index in [0.29, 0.717) is 5.92 Å². The van der Waals surface area contributed by atoms with E-state index in [1.165, 1.54) is 31.5 Å². The van der Waals surface area contributed by atoms with Crippen molar-refractivity contribution < 1.29 is 9.13 Å². The van der Waals surface area contributed by atoms with Crippen molar-refractivity contribution in [3.63, 3.8) is 0 Å². The van der Waals surface area contributed by atoms with E-state index in [1.54, 1.807) is 16.8 Å². The molecule has 5 heteroatoms. The average Bonchev–Trinajstić information content (AvgIpc) is 3.28. The lowest BCUT2D eigenvalue weighted by Crippen LogP contribution is -2.17. The summed E-state index contributed by atoms with van der Waals surface area (Å²) in [7, 11) is 0. The van der Waals surface area contributed by atoms with Crippen LogP contribution in [-0.2, 0) is 11.3 Å². The van der Waals surface area contributed by atoms with Gasteiger partial charge in [-0.05, 0) is 68.5 Å². The second-order valence-corrected chi connectivity index (χ2v) is 6.91. The lowest BCUT2D eigenvalue weighted by atomic mass is 9.91. The first-order valence-corrected chi connectivity index (χ1v) is 8.92. The molecule has 4 rings (SSSR count). The Balaban J connectivity index is 1.54. The molecule has 0 atom stereocenters. The number of hydrogen-bond acceptors (Lipinski definition) is 3. The van der Waals surface area contributed by atoms with Crippen molar-refractivity contribution >= 4 is 0 Å². The van der Waals surface area contributed by atoms with Gasteiger partial charge in [-0.2, -0.15) is 5.10 Å². The molecule has 128 valence electrons. The summed E-state index contributed by atoms with van der Waals surface area (Å²) in [4.78, 5) is 2.44. The molecule has 0 saturated carbocycles. The smallest absolute Gasteiger partial charge is 0.125 e. The number of rotatable bonds is 4. The van der Waals surface area contributed by atoms with Gasteiger partial charge in [0.25, 0.3) is 0 Å². The Morgan fingerprint density at radius 2 is 1.92 bits per heavy atom. The molecule has 2 aliphatic rings. The number of nitrogens with zero attached hydrogens (tertiary/aromatic N) is 3. The van der Waals surface area contributed by atoms with Crippen LogP contribution in [0.4, 0.5) is 4.39 Å². The molecule has 0 radical (unpaired) electrons. The van der Waals surface area contributed by atoms with Crippen LogP contribution >= 0.6 is 0 Å². The maximum absolute atomic E-state index is 14.1. The Bertz CT molecular complexity index is 688. The highest BCUT2D eigenvalue weighted by atomic mass is 19.1. The van der Waals surface area contributed by atoms with Crippen molar-refractivity contribution in [3.8, 4) is 5.69 Å². The van der Waals surface area contributed by atoms with E-state index in [0.717, 1.165) is 43.9 Å². The Morgan fingerprint density at radius 1 is 1.12 bits per heavy atom. The summed E-state index contributed by atoms with van der Waals surface area (Å²) in [5.41, 5.74) is 3.06. The molecule has 0 amide bonds. The second kappa shape index (κ2) is 7.03. The fourth-order valence-corrected chi connectivity index (χ4v) is 3.78. The number of benzene rings is 1. The number of hydrogen-bond donors (Lipinski definition) is 0. The first-order valence-electron chi connectivity index (χ1n) is 8.92. The van der Waals surface area contributed by atoms with Crippen LogP contribution in [0.3, 0.4) is 0 Å². The molecule has 1 aromatic heterocycles. The van der Waals surface area contributed by atoms with Crippen molar-refractivity contribution in [1.82, 2.24) is 14.7 Å². The highest BCUT2D eigenvalue weighted by Crippen LogP contribution is 2.29. The van der Waals surface area contributed by atoms with Gasteiger partial charge in [-0.1, -0.05) is 0 Å². The van der Waals surface area contributed by atoms with Crippen LogP contribution < -0.4 is 0 Å². The highest BCUT2D eigenvalue weighted by molar-refractivity contribution is 5.38.